The van der Waals surface area contributed by atoms with E-state index in [1.54, 1.807) is 0 Å². The molecule has 0 fully saturated rings. The van der Waals surface area contributed by atoms with Crippen molar-refractivity contribution in [3.05, 3.63) is 78.1 Å². The van der Waals surface area contributed by atoms with Crippen LogP contribution in [0.5, 0.6) is 0 Å². The van der Waals surface area contributed by atoms with Gasteiger partial charge in [-0.25, -0.2) is 0 Å². The number of hydrogen-bond donors (Lipinski definition) is 0. The molecular weight excluding hydrogens is 266 g/mol. The van der Waals surface area contributed by atoms with Crippen molar-refractivity contribution in [2.24, 2.45) is 0 Å². The summed E-state index contributed by atoms with van der Waals surface area (Å²) in [4.78, 5) is 4.65. The van der Waals surface area contributed by atoms with Crippen LogP contribution in [-0.2, 0) is 0 Å². The monoisotopic (exact) mass is 283 g/mol. The number of nitrogens with zero attached hydrogens (tertiary/aromatic N) is 1. The number of halogens is 1. The Balaban J connectivity index is 0.00000147. The maximum absolute atomic E-state index is 4.65. The lowest BCUT2D eigenvalue weighted by Crippen LogP contribution is -2.03. The summed E-state index contributed by atoms with van der Waals surface area (Å²) < 4.78 is 0. The molecule has 1 heterocycles. The van der Waals surface area contributed by atoms with Crippen molar-refractivity contribution in [2.45, 2.75) is 19.3 Å². The third-order valence-electron chi connectivity index (χ3n) is 3.64. The van der Waals surface area contributed by atoms with Crippen LogP contribution >= 0.6 is 12.4 Å². The zero-order valence-corrected chi connectivity index (χ0v) is 12.3. The number of fused-ring (bicyclic) bond motifs is 1. The van der Waals surface area contributed by atoms with E-state index in [1.807, 2.05) is 6.20 Å². The molecule has 0 saturated heterocycles. The Morgan fingerprint density at radius 1 is 0.900 bits per heavy atom. The molecular formula is C18H18ClN. The Morgan fingerprint density at radius 2 is 1.60 bits per heavy atom. The highest BCUT2D eigenvalue weighted by molar-refractivity contribution is 5.85. The normalized spacial score (nSPS) is 11.8. The largest absolute Gasteiger partial charge is 0.260 e. The zero-order chi connectivity index (χ0) is 13.1. The van der Waals surface area contributed by atoms with E-state index < -0.39 is 0 Å². The molecule has 3 rings (SSSR count). The van der Waals surface area contributed by atoms with Crippen molar-refractivity contribution in [1.29, 1.82) is 0 Å². The van der Waals surface area contributed by atoms with Crippen LogP contribution in [0.4, 0.5) is 0 Å². The summed E-state index contributed by atoms with van der Waals surface area (Å²) in [5.41, 5.74) is 2.53. The minimum absolute atomic E-state index is 0. The molecule has 2 heteroatoms. The number of aromatic nitrogens is 1. The molecule has 0 aliphatic heterocycles. The van der Waals surface area contributed by atoms with Gasteiger partial charge in [0.2, 0.25) is 0 Å². The lowest BCUT2D eigenvalue weighted by Gasteiger charge is -2.17. The van der Waals surface area contributed by atoms with Gasteiger partial charge in [0.15, 0.2) is 0 Å². The summed E-state index contributed by atoms with van der Waals surface area (Å²) in [6.07, 6.45) is 2.98. The van der Waals surface area contributed by atoms with Crippen molar-refractivity contribution >= 4 is 23.2 Å². The topological polar surface area (TPSA) is 12.9 Å². The highest BCUT2D eigenvalue weighted by Gasteiger charge is 2.15. The first kappa shape index (κ1) is 14.5. The van der Waals surface area contributed by atoms with Crippen LogP contribution in [-0.4, -0.2) is 4.98 Å². The number of rotatable bonds is 3. The van der Waals surface area contributed by atoms with Crippen molar-refractivity contribution in [1.82, 2.24) is 4.98 Å². The summed E-state index contributed by atoms with van der Waals surface area (Å²) in [6.45, 7) is 2.22. The van der Waals surface area contributed by atoms with E-state index >= 15 is 0 Å². The molecule has 0 radical (unpaired) electrons. The molecule has 2 aromatic carbocycles. The highest BCUT2D eigenvalue weighted by atomic mass is 35.5. The maximum Gasteiger partial charge on any atom is 0.0556 e. The van der Waals surface area contributed by atoms with Crippen LogP contribution in [0.15, 0.2) is 66.9 Å². The van der Waals surface area contributed by atoms with E-state index in [0.29, 0.717) is 5.92 Å². The van der Waals surface area contributed by atoms with Gasteiger partial charge in [0.05, 0.1) is 5.69 Å². The van der Waals surface area contributed by atoms with Crippen LogP contribution in [0, 0.1) is 0 Å². The average Bonchev–Trinajstić information content (AvgIpc) is 2.49. The minimum Gasteiger partial charge on any atom is -0.260 e. The second kappa shape index (κ2) is 6.53. The van der Waals surface area contributed by atoms with Crippen molar-refractivity contribution in [3.63, 3.8) is 0 Å². The molecule has 0 amide bonds. The van der Waals surface area contributed by atoms with Gasteiger partial charge in [-0.15, -0.1) is 12.4 Å². The first-order valence-corrected chi connectivity index (χ1v) is 6.78. The summed E-state index contributed by atoms with van der Waals surface area (Å²) in [6, 6.07) is 21.2. The van der Waals surface area contributed by atoms with Gasteiger partial charge in [0.1, 0.15) is 0 Å². The van der Waals surface area contributed by atoms with Crippen molar-refractivity contribution in [3.8, 4) is 0 Å². The van der Waals surface area contributed by atoms with Crippen LogP contribution < -0.4 is 0 Å². The van der Waals surface area contributed by atoms with E-state index in [-0.39, 0.29) is 12.4 Å². The predicted octanol–water partition coefficient (Wildman–Crippen LogP) is 5.20. The highest BCUT2D eigenvalue weighted by Crippen LogP contribution is 2.31. The lowest BCUT2D eigenvalue weighted by atomic mass is 9.90. The van der Waals surface area contributed by atoms with Gasteiger partial charge >= 0.3 is 0 Å². The Bertz CT molecular complexity index is 674. The van der Waals surface area contributed by atoms with E-state index in [2.05, 4.69) is 72.6 Å². The number of hydrogen-bond acceptors (Lipinski definition) is 1. The van der Waals surface area contributed by atoms with E-state index in [1.165, 1.54) is 22.0 Å². The van der Waals surface area contributed by atoms with Gasteiger partial charge in [-0.05, 0) is 23.4 Å². The molecule has 1 nitrogen and oxygen atoms in total. The molecule has 1 atom stereocenters. The fraction of sp³-hybridized carbons (Fsp3) is 0.167. The Morgan fingerprint density at radius 3 is 2.35 bits per heavy atom. The molecule has 0 aliphatic carbocycles. The Labute approximate surface area is 126 Å². The van der Waals surface area contributed by atoms with E-state index in [0.717, 1.165) is 6.42 Å². The first-order valence-electron chi connectivity index (χ1n) is 6.78. The van der Waals surface area contributed by atoms with Gasteiger partial charge in [-0.3, -0.25) is 4.98 Å². The third-order valence-corrected chi connectivity index (χ3v) is 3.64. The number of benzene rings is 2. The second-order valence-corrected chi connectivity index (χ2v) is 4.79. The minimum atomic E-state index is 0. The van der Waals surface area contributed by atoms with Gasteiger partial charge in [-0.2, -0.15) is 0 Å². The van der Waals surface area contributed by atoms with Gasteiger partial charge in [0.25, 0.3) is 0 Å². The molecule has 3 aromatic rings. The summed E-state index contributed by atoms with van der Waals surface area (Å²) in [7, 11) is 0. The molecule has 0 saturated carbocycles. The van der Waals surface area contributed by atoms with Gasteiger partial charge in [0, 0.05) is 17.5 Å². The average molecular weight is 284 g/mol. The van der Waals surface area contributed by atoms with Crippen LogP contribution in [0.3, 0.4) is 0 Å². The van der Waals surface area contributed by atoms with Crippen LogP contribution in [0.1, 0.15) is 30.5 Å². The van der Waals surface area contributed by atoms with E-state index in [9.17, 15) is 0 Å². The second-order valence-electron chi connectivity index (χ2n) is 4.79. The molecule has 1 aromatic heterocycles. The van der Waals surface area contributed by atoms with Crippen molar-refractivity contribution in [2.75, 3.05) is 0 Å². The third kappa shape index (κ3) is 2.68. The maximum atomic E-state index is 4.65. The smallest absolute Gasteiger partial charge is 0.0556 e. The van der Waals surface area contributed by atoms with Gasteiger partial charge < -0.3 is 0 Å². The lowest BCUT2D eigenvalue weighted by molar-refractivity contribution is 0.757. The Kier molecular flexibility index (Phi) is 4.75. The molecule has 0 aliphatic rings. The summed E-state index contributed by atoms with van der Waals surface area (Å²) in [5.74, 6) is 0.368. The predicted molar refractivity (Wildman–Crippen MR) is 87.6 cm³/mol. The van der Waals surface area contributed by atoms with Crippen LogP contribution in [0.25, 0.3) is 10.8 Å². The molecule has 20 heavy (non-hydrogen) atoms. The molecule has 0 bridgehead atoms. The molecule has 102 valence electrons. The fourth-order valence-electron chi connectivity index (χ4n) is 2.69. The summed E-state index contributed by atoms with van der Waals surface area (Å²) >= 11 is 0. The van der Waals surface area contributed by atoms with E-state index in [4.69, 9.17) is 0 Å². The first-order chi connectivity index (χ1) is 9.40. The molecule has 0 N–H and O–H groups in total. The zero-order valence-electron chi connectivity index (χ0n) is 11.5. The molecule has 0 spiro atoms. The SMILES string of the molecule is CCC(c1ccccc1)c1nccc2ccccc12.Cl. The standard InChI is InChI=1S/C18H17N.ClH/c1-2-16(14-8-4-3-5-9-14)18-17-11-7-6-10-15(17)12-13-19-18;/h3-13,16H,2H2,1H3;1H. The van der Waals surface area contributed by atoms with Crippen molar-refractivity contribution < 1.29 is 0 Å². The van der Waals surface area contributed by atoms with Crippen LogP contribution in [0.2, 0.25) is 0 Å². The number of pyridine rings is 1. The van der Waals surface area contributed by atoms with Gasteiger partial charge in [-0.1, -0.05) is 61.5 Å². The fourth-order valence-corrected chi connectivity index (χ4v) is 2.69. The summed E-state index contributed by atoms with van der Waals surface area (Å²) in [5, 5.41) is 2.53. The Hall–Kier alpha value is -1.86. The molecule has 1 unspecified atom stereocenters. The quantitative estimate of drug-likeness (QED) is 0.644.